The van der Waals surface area contributed by atoms with E-state index < -0.39 is 0 Å². The molecule has 3 N–H and O–H groups in total. The van der Waals surface area contributed by atoms with Crippen molar-refractivity contribution >= 4 is 27.5 Å². The summed E-state index contributed by atoms with van der Waals surface area (Å²) in [6, 6.07) is 3.97. The molecule has 0 fully saturated rings. The molecule has 3 nitrogen and oxygen atoms in total. The fourth-order valence-electron chi connectivity index (χ4n) is 2.05. The SMILES string of the molecule is Cc1cc(NC(=O)CCC(C)CCN)cc(C)c1Br. The van der Waals surface area contributed by atoms with Crippen LogP contribution in [0.4, 0.5) is 5.69 Å². The van der Waals surface area contributed by atoms with Gasteiger partial charge in [-0.2, -0.15) is 0 Å². The molecule has 0 saturated heterocycles. The first-order valence-corrected chi connectivity index (χ1v) is 7.50. The fourth-order valence-corrected chi connectivity index (χ4v) is 2.28. The summed E-state index contributed by atoms with van der Waals surface area (Å²) in [6.07, 6.45) is 2.41. The molecule has 1 amide bonds. The molecule has 1 unspecified atom stereocenters. The highest BCUT2D eigenvalue weighted by molar-refractivity contribution is 9.10. The van der Waals surface area contributed by atoms with E-state index in [1.807, 2.05) is 26.0 Å². The first kappa shape index (κ1) is 16.2. The van der Waals surface area contributed by atoms with E-state index in [1.54, 1.807) is 0 Å². The summed E-state index contributed by atoms with van der Waals surface area (Å²) in [5, 5.41) is 2.96. The fraction of sp³-hybridized carbons (Fsp3) is 0.533. The van der Waals surface area contributed by atoms with Crippen molar-refractivity contribution in [3.8, 4) is 0 Å². The van der Waals surface area contributed by atoms with Gasteiger partial charge in [-0.1, -0.05) is 22.9 Å². The maximum atomic E-state index is 11.9. The second kappa shape index (κ2) is 7.65. The Balaban J connectivity index is 2.53. The van der Waals surface area contributed by atoms with Crippen LogP contribution < -0.4 is 11.1 Å². The quantitative estimate of drug-likeness (QED) is 0.836. The van der Waals surface area contributed by atoms with E-state index in [1.165, 1.54) is 0 Å². The van der Waals surface area contributed by atoms with E-state index in [9.17, 15) is 4.79 Å². The van der Waals surface area contributed by atoms with Crippen molar-refractivity contribution in [2.45, 2.75) is 40.0 Å². The molecule has 4 heteroatoms. The molecule has 19 heavy (non-hydrogen) atoms. The van der Waals surface area contributed by atoms with Crippen molar-refractivity contribution < 1.29 is 4.79 Å². The van der Waals surface area contributed by atoms with Crippen LogP contribution in [0.1, 0.15) is 37.3 Å². The number of carbonyl (C=O) groups excluding carboxylic acids is 1. The summed E-state index contributed by atoms with van der Waals surface area (Å²) in [7, 11) is 0. The molecule has 1 aromatic carbocycles. The average molecular weight is 327 g/mol. The molecule has 106 valence electrons. The van der Waals surface area contributed by atoms with Crippen molar-refractivity contribution in [1.82, 2.24) is 0 Å². The molecule has 0 saturated carbocycles. The standard InChI is InChI=1S/C15H23BrN2O/c1-10(6-7-17)4-5-14(19)18-13-8-11(2)15(16)12(3)9-13/h8-10H,4-7,17H2,1-3H3,(H,18,19). The maximum absolute atomic E-state index is 11.9. The van der Waals surface area contributed by atoms with Gasteiger partial charge in [0.1, 0.15) is 0 Å². The second-order valence-corrected chi connectivity index (χ2v) is 5.99. The van der Waals surface area contributed by atoms with Gasteiger partial charge in [-0.05, 0) is 62.4 Å². The molecule has 1 atom stereocenters. The van der Waals surface area contributed by atoms with Gasteiger partial charge in [0.2, 0.25) is 5.91 Å². The van der Waals surface area contributed by atoms with Crippen LogP contribution in [-0.2, 0) is 4.79 Å². The van der Waals surface area contributed by atoms with Crippen LogP contribution in [0, 0.1) is 19.8 Å². The summed E-state index contributed by atoms with van der Waals surface area (Å²) in [5.41, 5.74) is 8.63. The molecule has 0 heterocycles. The van der Waals surface area contributed by atoms with E-state index in [2.05, 4.69) is 28.2 Å². The lowest BCUT2D eigenvalue weighted by Gasteiger charge is -2.12. The molecule has 0 bridgehead atoms. The highest BCUT2D eigenvalue weighted by Gasteiger charge is 2.08. The van der Waals surface area contributed by atoms with Crippen LogP contribution >= 0.6 is 15.9 Å². The van der Waals surface area contributed by atoms with Gasteiger partial charge in [0.25, 0.3) is 0 Å². The van der Waals surface area contributed by atoms with Gasteiger partial charge in [-0.15, -0.1) is 0 Å². The van der Waals surface area contributed by atoms with E-state index in [-0.39, 0.29) is 5.91 Å². The van der Waals surface area contributed by atoms with Crippen LogP contribution in [0.2, 0.25) is 0 Å². The Morgan fingerprint density at radius 3 is 2.42 bits per heavy atom. The molecule has 0 spiro atoms. The van der Waals surface area contributed by atoms with E-state index in [0.717, 1.165) is 34.1 Å². The number of amides is 1. The Labute approximate surface area is 124 Å². The zero-order valence-corrected chi connectivity index (χ0v) is 13.5. The Morgan fingerprint density at radius 2 is 1.89 bits per heavy atom. The van der Waals surface area contributed by atoms with Crippen molar-refractivity contribution in [3.63, 3.8) is 0 Å². The largest absolute Gasteiger partial charge is 0.330 e. The van der Waals surface area contributed by atoms with E-state index in [0.29, 0.717) is 18.9 Å². The minimum absolute atomic E-state index is 0.0741. The monoisotopic (exact) mass is 326 g/mol. The molecule has 0 aliphatic rings. The Morgan fingerprint density at radius 1 is 1.32 bits per heavy atom. The first-order chi connectivity index (χ1) is 8.93. The molecule has 0 aliphatic carbocycles. The lowest BCUT2D eigenvalue weighted by Crippen LogP contribution is -2.14. The minimum atomic E-state index is 0.0741. The number of rotatable bonds is 6. The molecule has 0 aliphatic heterocycles. The number of aryl methyl sites for hydroxylation is 2. The molecule has 1 aromatic rings. The average Bonchev–Trinajstić information content (AvgIpc) is 2.34. The minimum Gasteiger partial charge on any atom is -0.330 e. The van der Waals surface area contributed by atoms with Crippen molar-refractivity contribution in [1.29, 1.82) is 0 Å². The number of anilines is 1. The van der Waals surface area contributed by atoms with Gasteiger partial charge in [-0.3, -0.25) is 4.79 Å². The lowest BCUT2D eigenvalue weighted by molar-refractivity contribution is -0.116. The molecule has 0 radical (unpaired) electrons. The second-order valence-electron chi connectivity index (χ2n) is 5.19. The lowest BCUT2D eigenvalue weighted by atomic mass is 10.0. The maximum Gasteiger partial charge on any atom is 0.224 e. The normalized spacial score (nSPS) is 12.3. The van der Waals surface area contributed by atoms with Gasteiger partial charge in [0, 0.05) is 16.6 Å². The van der Waals surface area contributed by atoms with E-state index in [4.69, 9.17) is 5.73 Å². The van der Waals surface area contributed by atoms with Crippen LogP contribution in [0.25, 0.3) is 0 Å². The van der Waals surface area contributed by atoms with Gasteiger partial charge >= 0.3 is 0 Å². The van der Waals surface area contributed by atoms with Crippen molar-refractivity contribution in [2.75, 3.05) is 11.9 Å². The van der Waals surface area contributed by atoms with Gasteiger partial charge in [-0.25, -0.2) is 0 Å². The summed E-state index contributed by atoms with van der Waals surface area (Å²) in [5.74, 6) is 0.578. The third kappa shape index (κ3) is 5.33. The topological polar surface area (TPSA) is 55.1 Å². The molecular formula is C15H23BrN2O. The number of hydrogen-bond donors (Lipinski definition) is 2. The Bertz CT molecular complexity index is 423. The zero-order chi connectivity index (χ0) is 14.4. The summed E-state index contributed by atoms with van der Waals surface area (Å²) >= 11 is 3.52. The summed E-state index contributed by atoms with van der Waals surface area (Å²) in [4.78, 5) is 11.9. The van der Waals surface area contributed by atoms with E-state index >= 15 is 0 Å². The predicted octanol–water partition coefficient (Wildman–Crippen LogP) is 3.77. The Kier molecular flexibility index (Phi) is 6.52. The zero-order valence-electron chi connectivity index (χ0n) is 11.9. The Hall–Kier alpha value is -0.870. The number of halogens is 1. The molecule has 0 aromatic heterocycles. The van der Waals surface area contributed by atoms with Gasteiger partial charge in [0.05, 0.1) is 0 Å². The van der Waals surface area contributed by atoms with Crippen molar-refractivity contribution in [2.24, 2.45) is 11.7 Å². The highest BCUT2D eigenvalue weighted by atomic mass is 79.9. The smallest absolute Gasteiger partial charge is 0.224 e. The van der Waals surface area contributed by atoms with Crippen LogP contribution in [0.5, 0.6) is 0 Å². The predicted molar refractivity (Wildman–Crippen MR) is 84.3 cm³/mol. The van der Waals surface area contributed by atoms with Gasteiger partial charge < -0.3 is 11.1 Å². The first-order valence-electron chi connectivity index (χ1n) is 6.70. The summed E-state index contributed by atoms with van der Waals surface area (Å²) < 4.78 is 1.10. The molecule has 1 rings (SSSR count). The van der Waals surface area contributed by atoms with Gasteiger partial charge in [0.15, 0.2) is 0 Å². The number of benzene rings is 1. The number of nitrogens with two attached hydrogens (primary N) is 1. The van der Waals surface area contributed by atoms with Crippen molar-refractivity contribution in [3.05, 3.63) is 27.7 Å². The van der Waals surface area contributed by atoms with Crippen LogP contribution in [0.15, 0.2) is 16.6 Å². The third-order valence-electron chi connectivity index (χ3n) is 3.24. The highest BCUT2D eigenvalue weighted by Crippen LogP contribution is 2.25. The summed E-state index contributed by atoms with van der Waals surface area (Å²) in [6.45, 7) is 6.87. The third-order valence-corrected chi connectivity index (χ3v) is 4.49. The number of nitrogens with one attached hydrogen (secondary N) is 1. The number of hydrogen-bond acceptors (Lipinski definition) is 2. The number of carbonyl (C=O) groups is 1. The van der Waals surface area contributed by atoms with Crippen LogP contribution in [-0.4, -0.2) is 12.5 Å². The van der Waals surface area contributed by atoms with Crippen LogP contribution in [0.3, 0.4) is 0 Å². The molecular weight excluding hydrogens is 304 g/mol.